The Morgan fingerprint density at radius 3 is 2.50 bits per heavy atom. The van der Waals surface area contributed by atoms with Gasteiger partial charge in [-0.25, -0.2) is 4.79 Å². The van der Waals surface area contributed by atoms with Crippen LogP contribution in [0.4, 0.5) is 4.79 Å². The van der Waals surface area contributed by atoms with E-state index < -0.39 is 11.2 Å². The molecular formula is C17H24BrNO3. The van der Waals surface area contributed by atoms with Gasteiger partial charge in [0.25, 0.3) is 0 Å². The zero-order valence-electron chi connectivity index (χ0n) is 13.6. The molecule has 0 spiro atoms. The van der Waals surface area contributed by atoms with Crippen molar-refractivity contribution in [3.05, 3.63) is 34.3 Å². The predicted molar refractivity (Wildman–Crippen MR) is 89.7 cm³/mol. The smallest absolute Gasteiger partial charge is 0.410 e. The van der Waals surface area contributed by atoms with E-state index in [1.54, 1.807) is 18.7 Å². The van der Waals surface area contributed by atoms with Gasteiger partial charge >= 0.3 is 6.09 Å². The topological polar surface area (TPSA) is 49.8 Å². The van der Waals surface area contributed by atoms with Crippen LogP contribution in [0.25, 0.3) is 0 Å². The van der Waals surface area contributed by atoms with Gasteiger partial charge in [0.1, 0.15) is 5.60 Å². The van der Waals surface area contributed by atoms with Crippen molar-refractivity contribution in [2.24, 2.45) is 0 Å². The molecule has 0 saturated carbocycles. The minimum atomic E-state index is -0.853. The summed E-state index contributed by atoms with van der Waals surface area (Å²) in [5.41, 5.74) is -0.383. The third-order valence-corrected chi connectivity index (χ3v) is 4.60. The van der Waals surface area contributed by atoms with Crippen LogP contribution in [0.2, 0.25) is 0 Å². The number of benzene rings is 1. The molecule has 1 N–H and O–H groups in total. The lowest BCUT2D eigenvalue weighted by atomic mass is 9.87. The number of hydrogen-bond donors (Lipinski definition) is 1. The van der Waals surface area contributed by atoms with Crippen molar-refractivity contribution in [2.75, 3.05) is 6.54 Å². The van der Waals surface area contributed by atoms with Crippen LogP contribution in [-0.2, 0) is 4.74 Å². The minimum Gasteiger partial charge on any atom is -0.443 e. The van der Waals surface area contributed by atoms with Crippen molar-refractivity contribution in [1.82, 2.24) is 4.90 Å². The Morgan fingerprint density at radius 2 is 2.00 bits per heavy atom. The molecule has 1 aromatic carbocycles. The SMILES string of the molecule is CC(c1ccc(Br)cc1)N1CCC(C)(CC(C)(C)O)OC1=O. The fraction of sp³-hybridized carbons (Fsp3) is 0.588. The van der Waals surface area contributed by atoms with E-state index in [2.05, 4.69) is 15.9 Å². The van der Waals surface area contributed by atoms with Gasteiger partial charge in [-0.3, -0.25) is 0 Å². The Morgan fingerprint density at radius 1 is 1.41 bits per heavy atom. The third-order valence-electron chi connectivity index (χ3n) is 4.08. The highest BCUT2D eigenvalue weighted by molar-refractivity contribution is 9.10. The highest BCUT2D eigenvalue weighted by Crippen LogP contribution is 2.34. The number of carbonyl (C=O) groups excluding carboxylic acids is 1. The standard InChI is InChI=1S/C17H24BrNO3/c1-12(13-5-7-14(18)8-6-13)19-10-9-17(4,22-15(19)20)11-16(2,3)21/h5-8,12,21H,9-11H2,1-4H3. The second kappa shape index (κ2) is 6.20. The maximum atomic E-state index is 12.4. The van der Waals surface area contributed by atoms with Crippen molar-refractivity contribution in [1.29, 1.82) is 0 Å². The molecule has 1 saturated heterocycles. The molecule has 1 heterocycles. The van der Waals surface area contributed by atoms with Crippen LogP contribution < -0.4 is 0 Å². The van der Waals surface area contributed by atoms with E-state index in [1.807, 2.05) is 38.1 Å². The lowest BCUT2D eigenvalue weighted by molar-refractivity contribution is -0.0859. The van der Waals surface area contributed by atoms with Crippen molar-refractivity contribution < 1.29 is 14.6 Å². The molecule has 2 rings (SSSR count). The molecule has 5 heteroatoms. The summed E-state index contributed by atoms with van der Waals surface area (Å²) >= 11 is 3.42. The zero-order valence-corrected chi connectivity index (χ0v) is 15.2. The van der Waals surface area contributed by atoms with Gasteiger partial charge in [0, 0.05) is 23.9 Å². The lowest BCUT2D eigenvalue weighted by Crippen LogP contribution is -2.51. The summed E-state index contributed by atoms with van der Waals surface area (Å²) in [4.78, 5) is 14.1. The summed E-state index contributed by atoms with van der Waals surface area (Å²) in [6.07, 6.45) is 0.837. The van der Waals surface area contributed by atoms with E-state index in [-0.39, 0.29) is 12.1 Å². The molecule has 1 aliphatic heterocycles. The van der Waals surface area contributed by atoms with Gasteiger partial charge in [-0.2, -0.15) is 0 Å². The fourth-order valence-corrected chi connectivity index (χ4v) is 3.35. The number of rotatable bonds is 4. The molecule has 122 valence electrons. The molecule has 1 fully saturated rings. The van der Waals surface area contributed by atoms with E-state index in [0.29, 0.717) is 19.4 Å². The quantitative estimate of drug-likeness (QED) is 0.861. The number of ether oxygens (including phenoxy) is 1. The number of nitrogens with zero attached hydrogens (tertiary/aromatic N) is 1. The van der Waals surface area contributed by atoms with Crippen LogP contribution in [0.3, 0.4) is 0 Å². The van der Waals surface area contributed by atoms with Crippen molar-refractivity contribution in [2.45, 2.75) is 57.8 Å². The molecule has 2 atom stereocenters. The third kappa shape index (κ3) is 4.23. The zero-order chi connectivity index (χ0) is 16.5. The fourth-order valence-electron chi connectivity index (χ4n) is 3.08. The molecule has 22 heavy (non-hydrogen) atoms. The largest absolute Gasteiger partial charge is 0.443 e. The van der Waals surface area contributed by atoms with E-state index in [1.165, 1.54) is 0 Å². The summed E-state index contributed by atoms with van der Waals surface area (Å²) in [6.45, 7) is 8.00. The maximum absolute atomic E-state index is 12.4. The van der Waals surface area contributed by atoms with Crippen LogP contribution >= 0.6 is 15.9 Å². The molecule has 0 aromatic heterocycles. The first-order valence-corrected chi connectivity index (χ1v) is 8.36. The minimum absolute atomic E-state index is 0.0349. The number of hydrogen-bond acceptors (Lipinski definition) is 3. The Hall–Kier alpha value is -1.07. The van der Waals surface area contributed by atoms with Gasteiger partial charge in [-0.05, 0) is 45.4 Å². The molecule has 1 aliphatic rings. The van der Waals surface area contributed by atoms with Crippen LogP contribution in [0.5, 0.6) is 0 Å². The summed E-state index contributed by atoms with van der Waals surface area (Å²) in [6, 6.07) is 7.92. The first-order valence-electron chi connectivity index (χ1n) is 7.57. The highest BCUT2D eigenvalue weighted by atomic mass is 79.9. The van der Waals surface area contributed by atoms with Gasteiger partial charge in [-0.15, -0.1) is 0 Å². The number of aliphatic hydroxyl groups is 1. The summed E-state index contributed by atoms with van der Waals surface area (Å²) in [7, 11) is 0. The second-order valence-electron chi connectivity index (χ2n) is 6.98. The molecule has 0 radical (unpaired) electrons. The van der Waals surface area contributed by atoms with Crippen molar-refractivity contribution in [3.63, 3.8) is 0 Å². The number of carbonyl (C=O) groups is 1. The molecule has 1 aromatic rings. The summed E-state index contributed by atoms with van der Waals surface area (Å²) < 4.78 is 6.66. The average molecular weight is 370 g/mol. The number of cyclic esters (lactones) is 1. The van der Waals surface area contributed by atoms with E-state index >= 15 is 0 Å². The molecular weight excluding hydrogens is 346 g/mol. The molecule has 2 unspecified atom stereocenters. The van der Waals surface area contributed by atoms with E-state index in [4.69, 9.17) is 4.74 Å². The normalized spacial score (nSPS) is 24.1. The predicted octanol–water partition coefficient (Wildman–Crippen LogP) is 4.27. The van der Waals surface area contributed by atoms with Crippen LogP contribution in [-0.4, -0.2) is 33.8 Å². The van der Waals surface area contributed by atoms with Gasteiger partial charge < -0.3 is 14.7 Å². The Bertz CT molecular complexity index is 538. The van der Waals surface area contributed by atoms with Crippen LogP contribution in [0, 0.1) is 0 Å². The first kappa shape index (κ1) is 17.3. The van der Waals surface area contributed by atoms with Crippen molar-refractivity contribution >= 4 is 22.0 Å². The summed E-state index contributed by atoms with van der Waals surface area (Å²) in [5.74, 6) is 0. The van der Waals surface area contributed by atoms with Gasteiger partial charge in [0.15, 0.2) is 0 Å². The van der Waals surface area contributed by atoms with Gasteiger partial charge in [-0.1, -0.05) is 28.1 Å². The lowest BCUT2D eigenvalue weighted by Gasteiger charge is -2.43. The summed E-state index contributed by atoms with van der Waals surface area (Å²) in [5, 5.41) is 9.99. The monoisotopic (exact) mass is 369 g/mol. The Kier molecular flexibility index (Phi) is 4.87. The average Bonchev–Trinajstić information content (AvgIpc) is 2.36. The second-order valence-corrected chi connectivity index (χ2v) is 7.89. The van der Waals surface area contributed by atoms with E-state index in [0.717, 1.165) is 10.0 Å². The maximum Gasteiger partial charge on any atom is 0.410 e. The highest BCUT2D eigenvalue weighted by Gasteiger charge is 2.41. The molecule has 0 aliphatic carbocycles. The molecule has 1 amide bonds. The Balaban J connectivity index is 2.07. The van der Waals surface area contributed by atoms with E-state index in [9.17, 15) is 9.90 Å². The van der Waals surface area contributed by atoms with Crippen LogP contribution in [0.15, 0.2) is 28.7 Å². The van der Waals surface area contributed by atoms with Gasteiger partial charge in [0.05, 0.1) is 11.6 Å². The molecule has 4 nitrogen and oxygen atoms in total. The van der Waals surface area contributed by atoms with Crippen molar-refractivity contribution in [3.8, 4) is 0 Å². The molecule has 0 bridgehead atoms. The number of halogens is 1. The first-order chi connectivity index (χ1) is 10.1. The Labute approximate surface area is 140 Å². The number of amides is 1. The van der Waals surface area contributed by atoms with Crippen LogP contribution in [0.1, 0.15) is 52.1 Å². The van der Waals surface area contributed by atoms with Gasteiger partial charge in [0.2, 0.25) is 0 Å².